The number of halogens is 1. The molecular weight excluding hydrogens is 297 g/mol. The van der Waals surface area contributed by atoms with Gasteiger partial charge in [0, 0.05) is 44.2 Å². The molecule has 0 aliphatic carbocycles. The minimum Gasteiger partial charge on any atom is -0.356 e. The molecule has 1 N–H and O–H groups in total. The number of carbonyl (C=O) groups is 1. The Balaban J connectivity index is 1.45. The van der Waals surface area contributed by atoms with E-state index in [0.717, 1.165) is 42.8 Å². The fourth-order valence-electron chi connectivity index (χ4n) is 3.76. The van der Waals surface area contributed by atoms with E-state index in [-0.39, 0.29) is 17.9 Å². The molecule has 7 heteroatoms. The number of hydrogen-bond acceptors (Lipinski definition) is 4. The molecule has 0 bridgehead atoms. The van der Waals surface area contributed by atoms with Crippen LogP contribution in [0, 0.1) is 5.92 Å². The van der Waals surface area contributed by atoms with E-state index in [2.05, 4.69) is 19.9 Å². The van der Waals surface area contributed by atoms with Crippen molar-refractivity contribution >= 4 is 22.8 Å². The number of H-pyrrole nitrogens is 1. The molecule has 0 spiro atoms. The van der Waals surface area contributed by atoms with Crippen LogP contribution in [0.25, 0.3) is 11.0 Å². The van der Waals surface area contributed by atoms with Crippen LogP contribution in [-0.2, 0) is 4.79 Å². The lowest BCUT2D eigenvalue weighted by Gasteiger charge is -2.37. The molecular formula is C16H20FN5O. The lowest BCUT2D eigenvalue weighted by Crippen LogP contribution is -2.46. The Kier molecular flexibility index (Phi) is 3.63. The van der Waals surface area contributed by atoms with Crippen LogP contribution in [0.15, 0.2) is 18.6 Å². The fraction of sp³-hybridized carbons (Fsp3) is 0.562. The molecule has 2 aliphatic heterocycles. The van der Waals surface area contributed by atoms with Crippen LogP contribution in [0.1, 0.15) is 19.3 Å². The third kappa shape index (κ3) is 2.54. The van der Waals surface area contributed by atoms with Gasteiger partial charge in [0.2, 0.25) is 5.91 Å². The Morgan fingerprint density at radius 3 is 2.87 bits per heavy atom. The van der Waals surface area contributed by atoms with Gasteiger partial charge in [-0.2, -0.15) is 0 Å². The Morgan fingerprint density at radius 1 is 1.30 bits per heavy atom. The molecule has 1 atom stereocenters. The molecule has 1 amide bonds. The summed E-state index contributed by atoms with van der Waals surface area (Å²) < 4.78 is 12.8. The van der Waals surface area contributed by atoms with Crippen molar-refractivity contribution in [3.8, 4) is 0 Å². The van der Waals surface area contributed by atoms with Crippen molar-refractivity contribution in [3.05, 3.63) is 18.6 Å². The first-order valence-corrected chi connectivity index (χ1v) is 8.14. The maximum absolute atomic E-state index is 12.8. The van der Waals surface area contributed by atoms with E-state index >= 15 is 0 Å². The van der Waals surface area contributed by atoms with Gasteiger partial charge in [0.25, 0.3) is 0 Å². The first kappa shape index (κ1) is 14.4. The van der Waals surface area contributed by atoms with E-state index in [1.54, 1.807) is 6.33 Å². The van der Waals surface area contributed by atoms with Crippen LogP contribution in [0.5, 0.6) is 0 Å². The summed E-state index contributed by atoms with van der Waals surface area (Å²) in [5.41, 5.74) is 0.845. The number of aromatic nitrogens is 3. The predicted molar refractivity (Wildman–Crippen MR) is 84.9 cm³/mol. The standard InChI is InChI=1S/C16H20FN5O/c17-8-11-7-14(23)22(9-11)12-2-5-21(6-3-12)16-13-1-4-18-15(13)19-10-20-16/h1,4,10-12H,2-3,5-9H2,(H,18,19,20). The van der Waals surface area contributed by atoms with Crippen molar-refractivity contribution in [2.75, 3.05) is 31.2 Å². The second kappa shape index (κ2) is 5.79. The van der Waals surface area contributed by atoms with Crippen molar-refractivity contribution in [2.24, 2.45) is 5.92 Å². The third-order valence-corrected chi connectivity index (χ3v) is 4.99. The van der Waals surface area contributed by atoms with Crippen LogP contribution in [0.4, 0.5) is 10.2 Å². The van der Waals surface area contributed by atoms with Gasteiger partial charge in [0.15, 0.2) is 0 Å². The van der Waals surface area contributed by atoms with E-state index in [1.165, 1.54) is 0 Å². The van der Waals surface area contributed by atoms with Gasteiger partial charge in [0.1, 0.15) is 17.8 Å². The number of rotatable bonds is 3. The number of anilines is 1. The summed E-state index contributed by atoms with van der Waals surface area (Å²) in [5.74, 6) is 0.951. The highest BCUT2D eigenvalue weighted by Crippen LogP contribution is 2.29. The summed E-state index contributed by atoms with van der Waals surface area (Å²) in [7, 11) is 0. The summed E-state index contributed by atoms with van der Waals surface area (Å²) in [6.07, 6.45) is 5.62. The number of fused-ring (bicyclic) bond motifs is 1. The minimum absolute atomic E-state index is 0.109. The van der Waals surface area contributed by atoms with E-state index < -0.39 is 6.67 Å². The second-order valence-electron chi connectivity index (χ2n) is 6.43. The molecule has 0 radical (unpaired) electrons. The largest absolute Gasteiger partial charge is 0.356 e. The van der Waals surface area contributed by atoms with Gasteiger partial charge >= 0.3 is 0 Å². The molecule has 2 aliphatic rings. The highest BCUT2D eigenvalue weighted by Gasteiger charge is 2.36. The topological polar surface area (TPSA) is 65.1 Å². The third-order valence-electron chi connectivity index (χ3n) is 4.99. The van der Waals surface area contributed by atoms with E-state index in [9.17, 15) is 9.18 Å². The highest BCUT2D eigenvalue weighted by molar-refractivity contribution is 5.87. The lowest BCUT2D eigenvalue weighted by molar-refractivity contribution is -0.130. The summed E-state index contributed by atoms with van der Waals surface area (Å²) in [6.45, 7) is 1.89. The summed E-state index contributed by atoms with van der Waals surface area (Å²) in [5, 5.41) is 1.03. The first-order valence-electron chi connectivity index (χ1n) is 8.14. The van der Waals surface area contributed by atoms with Crippen LogP contribution < -0.4 is 4.90 Å². The number of carbonyl (C=O) groups excluding carboxylic acids is 1. The number of piperidine rings is 1. The second-order valence-corrected chi connectivity index (χ2v) is 6.43. The normalized spacial score (nSPS) is 23.2. The van der Waals surface area contributed by atoms with Crippen LogP contribution in [0.3, 0.4) is 0 Å². The first-order chi connectivity index (χ1) is 11.3. The number of amides is 1. The molecule has 23 heavy (non-hydrogen) atoms. The average Bonchev–Trinajstić information content (AvgIpc) is 3.21. The van der Waals surface area contributed by atoms with Crippen LogP contribution >= 0.6 is 0 Å². The molecule has 2 fully saturated rings. The Labute approximate surface area is 133 Å². The van der Waals surface area contributed by atoms with E-state index in [1.807, 2.05) is 17.2 Å². The van der Waals surface area contributed by atoms with Crippen molar-refractivity contribution in [2.45, 2.75) is 25.3 Å². The smallest absolute Gasteiger partial charge is 0.223 e. The summed E-state index contributed by atoms with van der Waals surface area (Å²) >= 11 is 0. The average molecular weight is 317 g/mol. The zero-order valence-corrected chi connectivity index (χ0v) is 12.9. The highest BCUT2D eigenvalue weighted by atomic mass is 19.1. The van der Waals surface area contributed by atoms with Gasteiger partial charge in [-0.3, -0.25) is 9.18 Å². The zero-order chi connectivity index (χ0) is 15.8. The molecule has 0 saturated carbocycles. The molecule has 0 aromatic carbocycles. The van der Waals surface area contributed by atoms with Crippen molar-refractivity contribution < 1.29 is 9.18 Å². The number of aromatic amines is 1. The van der Waals surface area contributed by atoms with Crippen LogP contribution in [0.2, 0.25) is 0 Å². The van der Waals surface area contributed by atoms with Crippen molar-refractivity contribution in [1.29, 1.82) is 0 Å². The monoisotopic (exact) mass is 317 g/mol. The minimum atomic E-state index is -0.395. The Morgan fingerprint density at radius 2 is 2.13 bits per heavy atom. The van der Waals surface area contributed by atoms with E-state index in [0.29, 0.717) is 13.0 Å². The number of likely N-dealkylation sites (tertiary alicyclic amines) is 1. The maximum atomic E-state index is 12.8. The molecule has 2 saturated heterocycles. The Hall–Kier alpha value is -2.18. The summed E-state index contributed by atoms with van der Waals surface area (Å²) in [4.78, 5) is 28.0. The molecule has 4 heterocycles. The van der Waals surface area contributed by atoms with Gasteiger partial charge in [-0.05, 0) is 18.9 Å². The zero-order valence-electron chi connectivity index (χ0n) is 12.9. The fourth-order valence-corrected chi connectivity index (χ4v) is 3.76. The molecule has 2 aromatic rings. The molecule has 1 unspecified atom stereocenters. The number of nitrogens with zero attached hydrogens (tertiary/aromatic N) is 4. The van der Waals surface area contributed by atoms with Crippen LogP contribution in [-0.4, -0.2) is 58.1 Å². The SMILES string of the molecule is O=C1CC(CF)CN1C1CCN(c2ncnc3[nH]ccc23)CC1. The molecule has 122 valence electrons. The molecule has 4 rings (SSSR count). The van der Waals surface area contributed by atoms with Crippen molar-refractivity contribution in [3.63, 3.8) is 0 Å². The molecule has 6 nitrogen and oxygen atoms in total. The maximum Gasteiger partial charge on any atom is 0.223 e. The van der Waals surface area contributed by atoms with Gasteiger partial charge in [-0.1, -0.05) is 0 Å². The summed E-state index contributed by atoms with van der Waals surface area (Å²) in [6, 6.07) is 2.23. The Bertz CT molecular complexity index is 709. The lowest BCUT2D eigenvalue weighted by atomic mass is 10.0. The number of nitrogens with one attached hydrogen (secondary N) is 1. The van der Waals surface area contributed by atoms with Gasteiger partial charge in [-0.15, -0.1) is 0 Å². The number of hydrogen-bond donors (Lipinski definition) is 1. The van der Waals surface area contributed by atoms with Crippen molar-refractivity contribution in [1.82, 2.24) is 19.9 Å². The van der Waals surface area contributed by atoms with Gasteiger partial charge in [0.05, 0.1) is 12.1 Å². The molecule has 2 aromatic heterocycles. The van der Waals surface area contributed by atoms with E-state index in [4.69, 9.17) is 0 Å². The van der Waals surface area contributed by atoms with Gasteiger partial charge in [-0.25, -0.2) is 9.97 Å². The number of alkyl halides is 1. The van der Waals surface area contributed by atoms with Gasteiger partial charge < -0.3 is 14.8 Å². The predicted octanol–water partition coefficient (Wildman–Crippen LogP) is 1.74. The quantitative estimate of drug-likeness (QED) is 0.936.